The Labute approximate surface area is 133 Å². The molecule has 0 aromatic heterocycles. The Hall–Kier alpha value is 1.05. The van der Waals surface area contributed by atoms with Gasteiger partial charge in [-0.3, -0.25) is 0 Å². The van der Waals surface area contributed by atoms with Gasteiger partial charge in [0, 0.05) is 46.0 Å². The molecule has 0 unspecified atom stereocenters. The van der Waals surface area contributed by atoms with Gasteiger partial charge in [-0.25, -0.2) is 0 Å². The maximum atomic E-state index is 8.07. The van der Waals surface area contributed by atoms with Crippen LogP contribution in [0.5, 0.6) is 0 Å². The van der Waals surface area contributed by atoms with Crippen LogP contribution in [-0.2, 0) is 26.2 Å². The van der Waals surface area contributed by atoms with Crippen LogP contribution in [0.25, 0.3) is 0 Å². The van der Waals surface area contributed by atoms with Gasteiger partial charge in [-0.1, -0.05) is 40.0 Å². The van der Waals surface area contributed by atoms with Gasteiger partial charge < -0.3 is 15.3 Å². The topological polar surface area (TPSA) is 60.7 Å². The second-order valence-corrected chi connectivity index (χ2v) is 3.23. The predicted molar refractivity (Wildman–Crippen MR) is 73.2 cm³/mol. The number of unbranched alkanes of at least 4 members (excludes halogenated alkanes) is 3. The summed E-state index contributed by atoms with van der Waals surface area (Å²) in [5.74, 6) is 0. The second-order valence-electron chi connectivity index (χ2n) is 3.23. The molecule has 3 nitrogen and oxygen atoms in total. The fraction of sp³-hybridized carbons (Fsp3) is 1.00. The van der Waals surface area contributed by atoms with Crippen molar-refractivity contribution in [2.45, 2.75) is 59.3 Å². The summed E-state index contributed by atoms with van der Waals surface area (Å²) in [4.78, 5) is 0. The van der Waals surface area contributed by atoms with E-state index in [-0.39, 0.29) is 38.6 Å². The number of aliphatic hydroxyl groups excluding tert-OH is 3. The number of halogens is 1. The summed E-state index contributed by atoms with van der Waals surface area (Å²) in [7, 11) is 0. The molecule has 0 amide bonds. The first-order valence-electron chi connectivity index (χ1n) is 6.07. The van der Waals surface area contributed by atoms with Crippen LogP contribution in [-0.4, -0.2) is 35.1 Å². The maximum Gasteiger partial charge on any atom is 0.0430 e. The zero-order chi connectivity index (χ0) is 12.4. The van der Waals surface area contributed by atoms with Crippen molar-refractivity contribution in [2.75, 3.05) is 19.8 Å². The quantitative estimate of drug-likeness (QED) is 0.691. The van der Waals surface area contributed by atoms with Crippen LogP contribution in [0.4, 0.5) is 0 Å². The average Bonchev–Trinajstić information content (AvgIpc) is 2.23. The second kappa shape index (κ2) is 43.5. The van der Waals surface area contributed by atoms with Crippen LogP contribution in [0.2, 0.25) is 0 Å². The van der Waals surface area contributed by atoms with Gasteiger partial charge in [-0.2, -0.15) is 0 Å². The van der Waals surface area contributed by atoms with E-state index in [9.17, 15) is 0 Å². The molecule has 0 aliphatic rings. The van der Waals surface area contributed by atoms with Gasteiger partial charge in [-0.15, -0.1) is 12.4 Å². The van der Waals surface area contributed by atoms with Crippen LogP contribution in [0.3, 0.4) is 0 Å². The molecule has 0 saturated heterocycles. The van der Waals surface area contributed by atoms with Gasteiger partial charge >= 0.3 is 0 Å². The summed E-state index contributed by atoms with van der Waals surface area (Å²) >= 11 is 0. The van der Waals surface area contributed by atoms with E-state index in [0.717, 1.165) is 38.5 Å². The molecule has 108 valence electrons. The maximum absolute atomic E-state index is 8.07. The van der Waals surface area contributed by atoms with Crippen molar-refractivity contribution in [1.29, 1.82) is 0 Å². The van der Waals surface area contributed by atoms with Crippen molar-refractivity contribution < 1.29 is 41.5 Å². The Morgan fingerprint density at radius 1 is 0.588 bits per heavy atom. The van der Waals surface area contributed by atoms with Gasteiger partial charge in [0.25, 0.3) is 0 Å². The molecule has 0 saturated carbocycles. The van der Waals surface area contributed by atoms with Crippen LogP contribution in [0.1, 0.15) is 59.3 Å². The SMILES string of the molecule is CCCCO.CCCCO.CCCCO.Cl.[Zr]. The molecule has 3 N–H and O–H groups in total. The molecule has 0 atom stereocenters. The van der Waals surface area contributed by atoms with E-state index in [1.54, 1.807) is 0 Å². The van der Waals surface area contributed by atoms with Crippen molar-refractivity contribution in [3.05, 3.63) is 0 Å². The molecular formula is C12H31ClO3Zr. The minimum atomic E-state index is 0. The third-order valence-electron chi connectivity index (χ3n) is 1.54. The van der Waals surface area contributed by atoms with Crippen LogP contribution >= 0.6 is 12.4 Å². The summed E-state index contributed by atoms with van der Waals surface area (Å²) in [6, 6.07) is 0. The molecule has 0 aliphatic carbocycles. The molecule has 0 heterocycles. The van der Waals surface area contributed by atoms with Gasteiger partial charge in [0.2, 0.25) is 0 Å². The normalized spacial score (nSPS) is 7.41. The van der Waals surface area contributed by atoms with E-state index in [0.29, 0.717) is 19.8 Å². The summed E-state index contributed by atoms with van der Waals surface area (Å²) < 4.78 is 0. The number of hydrogen-bond donors (Lipinski definition) is 3. The standard InChI is InChI=1S/3C4H10O.ClH.Zr/c3*1-2-3-4-5;;/h3*5H,2-4H2,1H3;1H;. The first-order valence-corrected chi connectivity index (χ1v) is 6.07. The van der Waals surface area contributed by atoms with Crippen molar-refractivity contribution in [1.82, 2.24) is 0 Å². The third-order valence-corrected chi connectivity index (χ3v) is 1.54. The summed E-state index contributed by atoms with van der Waals surface area (Å²) in [6.45, 7) is 7.19. The molecule has 0 spiro atoms. The van der Waals surface area contributed by atoms with E-state index in [1.165, 1.54) is 0 Å². The molecule has 0 aromatic rings. The van der Waals surface area contributed by atoms with E-state index in [4.69, 9.17) is 15.3 Å². The monoisotopic (exact) mass is 348 g/mol. The van der Waals surface area contributed by atoms with Gasteiger partial charge in [0.15, 0.2) is 0 Å². The van der Waals surface area contributed by atoms with Crippen molar-refractivity contribution in [2.24, 2.45) is 0 Å². The molecular weight excluding hydrogens is 319 g/mol. The molecule has 0 bridgehead atoms. The van der Waals surface area contributed by atoms with E-state index >= 15 is 0 Å². The first-order chi connectivity index (χ1) is 7.24. The fourth-order valence-electron chi connectivity index (χ4n) is 0.474. The smallest absolute Gasteiger partial charge is 0.0430 e. The Kier molecular flexibility index (Phi) is 78.8. The van der Waals surface area contributed by atoms with E-state index in [1.807, 2.05) is 0 Å². The fourth-order valence-corrected chi connectivity index (χ4v) is 0.474. The Morgan fingerprint density at radius 3 is 0.765 bits per heavy atom. The van der Waals surface area contributed by atoms with Crippen molar-refractivity contribution in [3.63, 3.8) is 0 Å². The Balaban J connectivity index is -0.0000000400. The van der Waals surface area contributed by atoms with Crippen molar-refractivity contribution in [3.8, 4) is 0 Å². The zero-order valence-electron chi connectivity index (χ0n) is 11.6. The number of rotatable bonds is 6. The minimum absolute atomic E-state index is 0. The number of hydrogen-bond acceptors (Lipinski definition) is 3. The van der Waals surface area contributed by atoms with E-state index < -0.39 is 0 Å². The largest absolute Gasteiger partial charge is 0.396 e. The minimum Gasteiger partial charge on any atom is -0.396 e. The summed E-state index contributed by atoms with van der Waals surface area (Å²) in [6.07, 6.45) is 6.11. The van der Waals surface area contributed by atoms with Crippen LogP contribution in [0, 0.1) is 0 Å². The third kappa shape index (κ3) is 77.7. The molecule has 0 fully saturated rings. The molecule has 0 aromatic carbocycles. The zero-order valence-corrected chi connectivity index (χ0v) is 14.9. The Bertz CT molecular complexity index is 58.5. The first kappa shape index (κ1) is 30.8. The van der Waals surface area contributed by atoms with Crippen LogP contribution < -0.4 is 0 Å². The average molecular weight is 350 g/mol. The van der Waals surface area contributed by atoms with Crippen molar-refractivity contribution >= 4 is 12.4 Å². The van der Waals surface area contributed by atoms with Gasteiger partial charge in [0.1, 0.15) is 0 Å². The van der Waals surface area contributed by atoms with Gasteiger partial charge in [-0.05, 0) is 19.3 Å². The van der Waals surface area contributed by atoms with Crippen LogP contribution in [0.15, 0.2) is 0 Å². The molecule has 0 rings (SSSR count). The Morgan fingerprint density at radius 2 is 0.765 bits per heavy atom. The summed E-state index contributed by atoms with van der Waals surface area (Å²) in [5, 5.41) is 24.2. The van der Waals surface area contributed by atoms with E-state index in [2.05, 4.69) is 20.8 Å². The summed E-state index contributed by atoms with van der Waals surface area (Å²) in [5.41, 5.74) is 0. The molecule has 0 aliphatic heterocycles. The molecule has 5 heteroatoms. The van der Waals surface area contributed by atoms with Gasteiger partial charge in [0.05, 0.1) is 0 Å². The molecule has 0 radical (unpaired) electrons. The molecule has 17 heavy (non-hydrogen) atoms. The number of aliphatic hydroxyl groups is 3. The predicted octanol–water partition coefficient (Wildman–Crippen LogP) is 2.76.